The average molecular weight is 478 g/mol. The summed E-state index contributed by atoms with van der Waals surface area (Å²) in [6.07, 6.45) is 3.97. The van der Waals surface area contributed by atoms with E-state index in [1.54, 1.807) is 6.33 Å². The fourth-order valence-corrected chi connectivity index (χ4v) is 5.08. The summed E-state index contributed by atoms with van der Waals surface area (Å²) < 4.78 is 13.6. The molecule has 0 radical (unpaired) electrons. The van der Waals surface area contributed by atoms with Crippen molar-refractivity contribution in [2.45, 2.75) is 25.5 Å². The first-order chi connectivity index (χ1) is 17.0. The lowest BCUT2D eigenvalue weighted by atomic mass is 10.0. The topological polar surface area (TPSA) is 97.6 Å². The summed E-state index contributed by atoms with van der Waals surface area (Å²) in [6, 6.07) is 6.70. The van der Waals surface area contributed by atoms with Gasteiger partial charge in [0.05, 0.1) is 36.8 Å². The molecule has 2 atom stereocenters. The van der Waals surface area contributed by atoms with E-state index in [4.69, 9.17) is 19.4 Å². The number of pyridine rings is 2. The van der Waals surface area contributed by atoms with Gasteiger partial charge in [0.2, 0.25) is 11.8 Å². The Morgan fingerprint density at radius 1 is 1.17 bits per heavy atom. The van der Waals surface area contributed by atoms with Crippen molar-refractivity contribution in [1.82, 2.24) is 29.7 Å². The first-order valence-electron chi connectivity index (χ1n) is 12.3. The Kier molecular flexibility index (Phi) is 5.77. The van der Waals surface area contributed by atoms with Gasteiger partial charge in [-0.1, -0.05) is 0 Å². The Hall–Kier alpha value is -3.24. The molecule has 3 fully saturated rings. The molecule has 10 heteroatoms. The lowest BCUT2D eigenvalue weighted by molar-refractivity contribution is -0.119. The standard InChI is InChI=1S/C25H31N7O3/c1-16(18-9-23(33)27-12-18)35-25-24-21(28-15-30(24)2)10-20(29-25)17-3-4-22(26-11-17)32-7-5-31(6-8-32)19-13-34-14-19/h3-4,10-11,15-16,18-19H,5-9,12-14H2,1-2H3,(H,27,33). The SMILES string of the molecule is CC(Oc1nc(-c2ccc(N3CCN(C4COC4)CC3)nc2)cc2ncn(C)c12)C1CNC(=O)C1. The number of carbonyl (C=O) groups is 1. The van der Waals surface area contributed by atoms with Crippen LogP contribution in [0.2, 0.25) is 0 Å². The van der Waals surface area contributed by atoms with Gasteiger partial charge in [0, 0.05) is 63.9 Å². The van der Waals surface area contributed by atoms with Gasteiger partial charge in [-0.25, -0.2) is 15.0 Å². The van der Waals surface area contributed by atoms with Crippen LogP contribution in [-0.2, 0) is 16.6 Å². The van der Waals surface area contributed by atoms with E-state index in [1.807, 2.05) is 30.8 Å². The Morgan fingerprint density at radius 2 is 2.00 bits per heavy atom. The molecule has 0 aromatic carbocycles. The molecule has 6 rings (SSSR count). The number of piperazine rings is 1. The molecule has 35 heavy (non-hydrogen) atoms. The van der Waals surface area contributed by atoms with Crippen molar-refractivity contribution >= 4 is 22.8 Å². The average Bonchev–Trinajstić information content (AvgIpc) is 3.44. The lowest BCUT2D eigenvalue weighted by Crippen LogP contribution is -2.56. The zero-order chi connectivity index (χ0) is 23.9. The number of anilines is 1. The van der Waals surface area contributed by atoms with Crippen molar-refractivity contribution in [3.8, 4) is 17.1 Å². The Morgan fingerprint density at radius 3 is 2.66 bits per heavy atom. The Labute approximate surface area is 204 Å². The number of nitrogens with one attached hydrogen (secondary N) is 1. The summed E-state index contributed by atoms with van der Waals surface area (Å²) in [5.41, 5.74) is 3.35. The summed E-state index contributed by atoms with van der Waals surface area (Å²) in [7, 11) is 1.93. The summed E-state index contributed by atoms with van der Waals surface area (Å²) in [4.78, 5) is 30.7. The minimum Gasteiger partial charge on any atom is -0.473 e. The van der Waals surface area contributed by atoms with E-state index in [0.717, 1.165) is 67.5 Å². The van der Waals surface area contributed by atoms with Crippen LogP contribution >= 0.6 is 0 Å². The van der Waals surface area contributed by atoms with Crippen molar-refractivity contribution in [2.24, 2.45) is 13.0 Å². The molecule has 0 aliphatic carbocycles. The van der Waals surface area contributed by atoms with Crippen molar-refractivity contribution in [2.75, 3.05) is 50.8 Å². The second-order valence-corrected chi connectivity index (χ2v) is 9.75. The van der Waals surface area contributed by atoms with E-state index in [1.165, 1.54) is 0 Å². The van der Waals surface area contributed by atoms with Gasteiger partial charge in [-0.15, -0.1) is 0 Å². The largest absolute Gasteiger partial charge is 0.473 e. The molecule has 2 unspecified atom stereocenters. The maximum Gasteiger partial charge on any atom is 0.241 e. The van der Waals surface area contributed by atoms with Crippen LogP contribution in [0.3, 0.4) is 0 Å². The molecule has 3 aliphatic heterocycles. The van der Waals surface area contributed by atoms with Crippen molar-refractivity contribution < 1.29 is 14.3 Å². The first kappa shape index (κ1) is 22.2. The predicted molar refractivity (Wildman–Crippen MR) is 131 cm³/mol. The number of carbonyl (C=O) groups excluding carboxylic acids is 1. The normalized spacial score (nSPS) is 22.3. The third kappa shape index (κ3) is 4.32. The van der Waals surface area contributed by atoms with Crippen LogP contribution in [0.5, 0.6) is 5.88 Å². The van der Waals surface area contributed by atoms with Crippen LogP contribution in [0.25, 0.3) is 22.3 Å². The van der Waals surface area contributed by atoms with Gasteiger partial charge in [0.15, 0.2) is 0 Å². The van der Waals surface area contributed by atoms with Gasteiger partial charge < -0.3 is 24.3 Å². The molecule has 3 saturated heterocycles. The van der Waals surface area contributed by atoms with E-state index < -0.39 is 0 Å². The summed E-state index contributed by atoms with van der Waals surface area (Å²) in [5.74, 6) is 1.71. The van der Waals surface area contributed by atoms with Crippen molar-refractivity contribution in [1.29, 1.82) is 0 Å². The van der Waals surface area contributed by atoms with E-state index in [2.05, 4.69) is 32.2 Å². The molecular formula is C25H31N7O3. The molecule has 6 heterocycles. The molecule has 10 nitrogen and oxygen atoms in total. The fourth-order valence-electron chi connectivity index (χ4n) is 5.08. The lowest BCUT2D eigenvalue weighted by Gasteiger charge is -2.42. The summed E-state index contributed by atoms with van der Waals surface area (Å²) in [6.45, 7) is 8.36. The third-order valence-corrected chi connectivity index (χ3v) is 7.45. The fraction of sp³-hybridized carbons (Fsp3) is 0.520. The number of ether oxygens (including phenoxy) is 2. The van der Waals surface area contributed by atoms with Crippen LogP contribution in [0.15, 0.2) is 30.7 Å². The maximum absolute atomic E-state index is 11.7. The highest BCUT2D eigenvalue weighted by atomic mass is 16.5. The minimum atomic E-state index is -0.152. The third-order valence-electron chi connectivity index (χ3n) is 7.45. The molecule has 3 aromatic rings. The van der Waals surface area contributed by atoms with Crippen LogP contribution < -0.4 is 15.0 Å². The second kappa shape index (κ2) is 9.09. The number of hydrogen-bond donors (Lipinski definition) is 1. The number of imidazole rings is 1. The quantitative estimate of drug-likeness (QED) is 0.570. The highest BCUT2D eigenvalue weighted by Gasteiger charge is 2.30. The zero-order valence-corrected chi connectivity index (χ0v) is 20.2. The van der Waals surface area contributed by atoms with E-state index in [-0.39, 0.29) is 17.9 Å². The molecule has 0 spiro atoms. The Balaban J connectivity index is 1.21. The number of nitrogens with zero attached hydrogens (tertiary/aromatic N) is 6. The number of aromatic nitrogens is 4. The molecule has 0 saturated carbocycles. The molecule has 1 N–H and O–H groups in total. The van der Waals surface area contributed by atoms with Crippen LogP contribution in [0.1, 0.15) is 13.3 Å². The molecule has 3 aliphatic rings. The first-order valence-corrected chi connectivity index (χ1v) is 12.3. The molecule has 184 valence electrons. The zero-order valence-electron chi connectivity index (χ0n) is 20.2. The van der Waals surface area contributed by atoms with Gasteiger partial charge in [-0.05, 0) is 25.1 Å². The number of hydrogen-bond acceptors (Lipinski definition) is 8. The smallest absolute Gasteiger partial charge is 0.241 e. The van der Waals surface area contributed by atoms with E-state index in [9.17, 15) is 4.79 Å². The van der Waals surface area contributed by atoms with Gasteiger partial charge >= 0.3 is 0 Å². The molecular weight excluding hydrogens is 446 g/mol. The molecule has 0 bridgehead atoms. The maximum atomic E-state index is 11.7. The minimum absolute atomic E-state index is 0.0717. The van der Waals surface area contributed by atoms with Gasteiger partial charge in [0.25, 0.3) is 0 Å². The highest BCUT2D eigenvalue weighted by Crippen LogP contribution is 2.31. The second-order valence-electron chi connectivity index (χ2n) is 9.75. The van der Waals surface area contributed by atoms with Gasteiger partial charge in [0.1, 0.15) is 17.4 Å². The molecule has 3 aromatic heterocycles. The van der Waals surface area contributed by atoms with Crippen molar-refractivity contribution in [3.05, 3.63) is 30.7 Å². The van der Waals surface area contributed by atoms with Crippen LogP contribution in [0.4, 0.5) is 5.82 Å². The van der Waals surface area contributed by atoms with E-state index in [0.29, 0.717) is 24.9 Å². The van der Waals surface area contributed by atoms with E-state index >= 15 is 0 Å². The van der Waals surface area contributed by atoms with Crippen LogP contribution in [-0.4, -0.2) is 88.4 Å². The van der Waals surface area contributed by atoms with Crippen molar-refractivity contribution in [3.63, 3.8) is 0 Å². The number of rotatable bonds is 6. The van der Waals surface area contributed by atoms with Gasteiger partial charge in [-0.2, -0.15) is 0 Å². The summed E-state index contributed by atoms with van der Waals surface area (Å²) in [5, 5.41) is 2.89. The van der Waals surface area contributed by atoms with Gasteiger partial charge in [-0.3, -0.25) is 9.69 Å². The predicted octanol–water partition coefficient (Wildman–Crippen LogP) is 1.45. The number of amides is 1. The Bertz CT molecular complexity index is 1220. The summed E-state index contributed by atoms with van der Waals surface area (Å²) >= 11 is 0. The number of fused-ring (bicyclic) bond motifs is 1. The highest BCUT2D eigenvalue weighted by molar-refractivity contribution is 5.84. The number of aryl methyl sites for hydroxylation is 1. The monoisotopic (exact) mass is 477 g/mol. The molecule has 1 amide bonds. The van der Waals surface area contributed by atoms with Crippen LogP contribution in [0, 0.1) is 5.92 Å².